The molecule has 0 bridgehead atoms. The van der Waals surface area contributed by atoms with Crippen LogP contribution in [0, 0.1) is 0 Å². The fourth-order valence-corrected chi connectivity index (χ4v) is 9.85. The van der Waals surface area contributed by atoms with Crippen LogP contribution in [0.25, 0.3) is 67.5 Å². The highest BCUT2D eigenvalue weighted by atomic mass is 15.2. The molecule has 0 amide bonds. The third kappa shape index (κ3) is 5.58. The van der Waals surface area contributed by atoms with Crippen molar-refractivity contribution in [1.29, 1.82) is 0 Å². The van der Waals surface area contributed by atoms with Crippen molar-refractivity contribution in [2.45, 2.75) is 5.41 Å². The summed E-state index contributed by atoms with van der Waals surface area (Å²) in [6.07, 6.45) is 0. The minimum absolute atomic E-state index is 0.529. The average Bonchev–Trinajstić information content (AvgIpc) is 3.65. The zero-order valence-electron chi connectivity index (χ0n) is 33.7. The first kappa shape index (κ1) is 35.7. The van der Waals surface area contributed by atoms with E-state index in [4.69, 9.17) is 15.0 Å². The Morgan fingerprint density at radius 1 is 0.274 bits per heavy atom. The van der Waals surface area contributed by atoms with Gasteiger partial charge in [-0.05, 0) is 86.0 Å². The standard InChI is InChI=1S/C58H38N4/c1-4-18-40(19-5-1)55-59-56(41-20-6-2-7-21-41)61-57(60-55)42-34-32-39(33-35-42)45-24-10-11-25-46(45)43-36-37-48-47-26-12-13-27-49(47)58(52(48)38-43)50-28-14-16-30-53(50)62(44-22-8-3-9-23-44)54-31-17-15-29-51(54)58/h1-38H. The lowest BCUT2D eigenvalue weighted by atomic mass is 9.64. The molecule has 1 aromatic heterocycles. The lowest BCUT2D eigenvalue weighted by Gasteiger charge is -2.45. The van der Waals surface area contributed by atoms with Crippen molar-refractivity contribution in [3.63, 3.8) is 0 Å². The highest BCUT2D eigenvalue weighted by molar-refractivity contribution is 5.97. The summed E-state index contributed by atoms with van der Waals surface area (Å²) in [5.74, 6) is 1.94. The fourth-order valence-electron chi connectivity index (χ4n) is 9.85. The number of nitrogens with zero attached hydrogens (tertiary/aromatic N) is 4. The summed E-state index contributed by atoms with van der Waals surface area (Å²) in [7, 11) is 0. The van der Waals surface area contributed by atoms with Gasteiger partial charge in [0, 0.05) is 22.4 Å². The van der Waals surface area contributed by atoms with Crippen LogP contribution in [0.5, 0.6) is 0 Å². The van der Waals surface area contributed by atoms with E-state index in [0.717, 1.165) is 33.5 Å². The number of hydrogen-bond donors (Lipinski definition) is 0. The van der Waals surface area contributed by atoms with Gasteiger partial charge in [-0.1, -0.05) is 200 Å². The van der Waals surface area contributed by atoms with Gasteiger partial charge in [0.05, 0.1) is 16.8 Å². The van der Waals surface area contributed by atoms with E-state index in [1.807, 2.05) is 60.7 Å². The number of rotatable bonds is 6. The Morgan fingerprint density at radius 2 is 0.661 bits per heavy atom. The predicted molar refractivity (Wildman–Crippen MR) is 253 cm³/mol. The van der Waals surface area contributed by atoms with Gasteiger partial charge in [-0.15, -0.1) is 0 Å². The van der Waals surface area contributed by atoms with Gasteiger partial charge in [0.15, 0.2) is 17.5 Å². The Balaban J connectivity index is 0.994. The van der Waals surface area contributed by atoms with Crippen LogP contribution in [0.15, 0.2) is 231 Å². The molecule has 1 aliphatic carbocycles. The molecular formula is C58H38N4. The van der Waals surface area contributed by atoms with Gasteiger partial charge in [0.2, 0.25) is 0 Å². The lowest BCUT2D eigenvalue weighted by Crippen LogP contribution is -2.36. The number of aromatic nitrogens is 3. The molecule has 0 fully saturated rings. The predicted octanol–water partition coefficient (Wildman–Crippen LogP) is 14.4. The quantitative estimate of drug-likeness (QED) is 0.168. The molecular weight excluding hydrogens is 753 g/mol. The second kappa shape index (κ2) is 14.5. The molecule has 10 aromatic rings. The molecule has 62 heavy (non-hydrogen) atoms. The first-order valence-electron chi connectivity index (χ1n) is 21.1. The summed E-state index contributed by atoms with van der Waals surface area (Å²) in [6.45, 7) is 0. The maximum Gasteiger partial charge on any atom is 0.164 e. The van der Waals surface area contributed by atoms with E-state index in [1.165, 1.54) is 55.9 Å². The van der Waals surface area contributed by atoms with Crippen LogP contribution in [-0.4, -0.2) is 15.0 Å². The molecule has 0 radical (unpaired) electrons. The number of hydrogen-bond acceptors (Lipinski definition) is 4. The summed E-state index contributed by atoms with van der Waals surface area (Å²) in [4.78, 5) is 17.3. The monoisotopic (exact) mass is 790 g/mol. The fraction of sp³-hybridized carbons (Fsp3) is 0.0172. The molecule has 290 valence electrons. The molecule has 0 saturated carbocycles. The number of fused-ring (bicyclic) bond motifs is 9. The first-order valence-corrected chi connectivity index (χ1v) is 21.1. The second-order valence-corrected chi connectivity index (χ2v) is 15.9. The molecule has 4 nitrogen and oxygen atoms in total. The van der Waals surface area contributed by atoms with Gasteiger partial charge in [0.25, 0.3) is 0 Å². The van der Waals surface area contributed by atoms with Crippen LogP contribution < -0.4 is 4.90 Å². The molecule has 0 unspecified atom stereocenters. The summed E-state index contributed by atoms with van der Waals surface area (Å²) >= 11 is 0. The van der Waals surface area contributed by atoms with E-state index in [2.05, 4.69) is 175 Å². The van der Waals surface area contributed by atoms with Crippen molar-refractivity contribution in [2.24, 2.45) is 0 Å². The third-order valence-corrected chi connectivity index (χ3v) is 12.5. The van der Waals surface area contributed by atoms with Crippen molar-refractivity contribution in [1.82, 2.24) is 15.0 Å². The van der Waals surface area contributed by atoms with E-state index in [1.54, 1.807) is 0 Å². The Kier molecular flexibility index (Phi) is 8.36. The van der Waals surface area contributed by atoms with Gasteiger partial charge in [-0.25, -0.2) is 15.0 Å². The van der Waals surface area contributed by atoms with E-state index in [-0.39, 0.29) is 0 Å². The Bertz CT molecular complexity index is 3180. The molecule has 0 saturated heterocycles. The van der Waals surface area contributed by atoms with Crippen molar-refractivity contribution in [2.75, 3.05) is 4.90 Å². The minimum Gasteiger partial charge on any atom is -0.310 e. The molecule has 0 N–H and O–H groups in total. The van der Waals surface area contributed by atoms with Crippen LogP contribution in [0.1, 0.15) is 22.3 Å². The Hall–Kier alpha value is -8.21. The topological polar surface area (TPSA) is 41.9 Å². The lowest BCUT2D eigenvalue weighted by molar-refractivity contribution is 0.753. The Labute approximate surface area is 361 Å². The molecule has 9 aromatic carbocycles. The molecule has 0 atom stereocenters. The Morgan fingerprint density at radius 3 is 1.23 bits per heavy atom. The van der Waals surface area contributed by atoms with E-state index in [9.17, 15) is 0 Å². The van der Waals surface area contributed by atoms with E-state index in [0.29, 0.717) is 17.5 Å². The molecule has 2 aliphatic rings. The van der Waals surface area contributed by atoms with Gasteiger partial charge in [0.1, 0.15) is 0 Å². The highest BCUT2D eigenvalue weighted by Crippen LogP contribution is 2.63. The molecule has 2 heterocycles. The van der Waals surface area contributed by atoms with Crippen molar-refractivity contribution >= 4 is 17.1 Å². The molecule has 4 heteroatoms. The number of para-hydroxylation sites is 3. The second-order valence-electron chi connectivity index (χ2n) is 15.9. The van der Waals surface area contributed by atoms with Crippen LogP contribution in [-0.2, 0) is 5.41 Å². The van der Waals surface area contributed by atoms with Gasteiger partial charge >= 0.3 is 0 Å². The summed E-state index contributed by atoms with van der Waals surface area (Å²) in [5.41, 5.74) is 18.2. The maximum atomic E-state index is 4.99. The first-order chi connectivity index (χ1) is 30.8. The minimum atomic E-state index is -0.529. The summed E-state index contributed by atoms with van der Waals surface area (Å²) < 4.78 is 0. The molecule has 1 spiro atoms. The highest BCUT2D eigenvalue weighted by Gasteiger charge is 2.51. The van der Waals surface area contributed by atoms with Crippen molar-refractivity contribution < 1.29 is 0 Å². The molecule has 1 aliphatic heterocycles. The molecule has 12 rings (SSSR count). The van der Waals surface area contributed by atoms with Crippen LogP contribution in [0.4, 0.5) is 17.1 Å². The maximum absolute atomic E-state index is 4.99. The van der Waals surface area contributed by atoms with E-state index < -0.39 is 5.41 Å². The SMILES string of the molecule is c1ccc(-c2nc(-c3ccccc3)nc(-c3ccc(-c4ccccc4-c4ccc5c(c4)C4(c6ccccc6-5)c5ccccc5N(c5ccccc5)c5ccccc54)cc3)n2)cc1. The average molecular weight is 791 g/mol. The largest absolute Gasteiger partial charge is 0.310 e. The van der Waals surface area contributed by atoms with E-state index >= 15 is 0 Å². The van der Waals surface area contributed by atoms with Crippen molar-refractivity contribution in [3.05, 3.63) is 253 Å². The van der Waals surface area contributed by atoms with Crippen LogP contribution >= 0.6 is 0 Å². The third-order valence-electron chi connectivity index (χ3n) is 12.5. The van der Waals surface area contributed by atoms with Crippen LogP contribution in [0.2, 0.25) is 0 Å². The van der Waals surface area contributed by atoms with Gasteiger partial charge < -0.3 is 4.90 Å². The van der Waals surface area contributed by atoms with Gasteiger partial charge in [-0.2, -0.15) is 0 Å². The zero-order chi connectivity index (χ0) is 41.0. The normalized spacial score (nSPS) is 12.9. The van der Waals surface area contributed by atoms with Crippen molar-refractivity contribution in [3.8, 4) is 67.5 Å². The number of benzene rings is 9. The summed E-state index contributed by atoms with van der Waals surface area (Å²) in [6, 6.07) is 82.5. The zero-order valence-corrected chi connectivity index (χ0v) is 33.7. The van der Waals surface area contributed by atoms with Crippen LogP contribution in [0.3, 0.4) is 0 Å². The smallest absolute Gasteiger partial charge is 0.164 e. The van der Waals surface area contributed by atoms with Gasteiger partial charge in [-0.3, -0.25) is 0 Å². The number of anilines is 3. The summed E-state index contributed by atoms with van der Waals surface area (Å²) in [5, 5.41) is 0.